The van der Waals surface area contributed by atoms with Crippen molar-refractivity contribution in [2.24, 2.45) is 0 Å². The average Bonchev–Trinajstić information content (AvgIpc) is 3.00. The summed E-state index contributed by atoms with van der Waals surface area (Å²) in [5, 5.41) is 2.90. The lowest BCUT2D eigenvalue weighted by atomic mass is 10.1. The van der Waals surface area contributed by atoms with Gasteiger partial charge in [-0.25, -0.2) is 4.98 Å². The molecule has 1 aromatic heterocycles. The van der Waals surface area contributed by atoms with Gasteiger partial charge in [0.15, 0.2) is 8.32 Å². The second-order valence-corrected chi connectivity index (χ2v) is 21.2. The number of hydrogen-bond acceptors (Lipinski definition) is 5. The van der Waals surface area contributed by atoms with Gasteiger partial charge in [0.05, 0.1) is 6.61 Å². The highest BCUT2D eigenvalue weighted by Gasteiger charge is 2.44. The minimum atomic E-state index is -2.04. The Morgan fingerprint density at radius 1 is 1.06 bits per heavy atom. The van der Waals surface area contributed by atoms with Crippen molar-refractivity contribution >= 4 is 28.4 Å². The number of carbonyl (C=O) groups is 1. The number of ether oxygens (including phenoxy) is 1. The van der Waals surface area contributed by atoms with Crippen LogP contribution >= 0.6 is 0 Å². The van der Waals surface area contributed by atoms with E-state index in [0.717, 1.165) is 11.3 Å². The maximum atomic E-state index is 11.3. The molecule has 1 aliphatic rings. The summed E-state index contributed by atoms with van der Waals surface area (Å²) >= 11 is 0. The summed E-state index contributed by atoms with van der Waals surface area (Å²) in [6.07, 6.45) is 3.29. The number of hydrogen-bond donors (Lipinski definition) is 1. The maximum Gasteiger partial charge on any atom is 0.250 e. The lowest BCUT2D eigenvalue weighted by Crippen LogP contribution is -2.44. The van der Waals surface area contributed by atoms with Gasteiger partial charge in [0.2, 0.25) is 14.2 Å². The van der Waals surface area contributed by atoms with E-state index in [-0.39, 0.29) is 28.2 Å². The number of anilines is 1. The Hall–Kier alpha value is -1.49. The van der Waals surface area contributed by atoms with Crippen LogP contribution in [-0.2, 0) is 18.4 Å². The Morgan fingerprint density at radius 3 is 2.12 bits per heavy atom. The summed E-state index contributed by atoms with van der Waals surface area (Å²) in [6, 6.07) is 3.72. The van der Waals surface area contributed by atoms with Crippen LogP contribution in [0.1, 0.15) is 60.1 Å². The number of aromatic nitrogens is 1. The van der Waals surface area contributed by atoms with Gasteiger partial charge in [0.1, 0.15) is 23.8 Å². The highest BCUT2D eigenvalue weighted by atomic mass is 28.4. The van der Waals surface area contributed by atoms with Crippen molar-refractivity contribution in [1.29, 1.82) is 0 Å². The van der Waals surface area contributed by atoms with Gasteiger partial charge in [-0.15, -0.1) is 0 Å². The number of rotatable bonds is 7. The van der Waals surface area contributed by atoms with Crippen molar-refractivity contribution in [3.63, 3.8) is 0 Å². The fourth-order valence-electron chi connectivity index (χ4n) is 2.71. The standard InChI is InChI=1S/C24H42N2O4Si2/c1-17(27)26-22-13-12-18(15-25-22)19-14-20(30-32(10,11)24(5,6)7)21(29-19)16-28-31(8,9)23(2,3)4/h12-15,19,21H,16H2,1-11H3,(H,25,26,27)/t19-,21-/m1/s1. The smallest absolute Gasteiger partial charge is 0.250 e. The summed E-state index contributed by atoms with van der Waals surface area (Å²) in [5.74, 6) is 1.25. The van der Waals surface area contributed by atoms with E-state index in [0.29, 0.717) is 12.4 Å². The monoisotopic (exact) mass is 478 g/mol. The van der Waals surface area contributed by atoms with Gasteiger partial charge in [-0.1, -0.05) is 47.6 Å². The first-order valence-electron chi connectivity index (χ1n) is 11.4. The Labute approximate surface area is 196 Å². The summed E-state index contributed by atoms with van der Waals surface area (Å²) in [5.41, 5.74) is 0.922. The molecule has 0 bridgehead atoms. The molecule has 0 aliphatic carbocycles. The number of nitrogens with one attached hydrogen (secondary N) is 1. The van der Waals surface area contributed by atoms with E-state index in [4.69, 9.17) is 13.6 Å². The normalized spacial score (nSPS) is 20.2. The van der Waals surface area contributed by atoms with Gasteiger partial charge >= 0.3 is 0 Å². The van der Waals surface area contributed by atoms with E-state index in [2.05, 4.69) is 84.1 Å². The van der Waals surface area contributed by atoms with E-state index < -0.39 is 16.6 Å². The second kappa shape index (κ2) is 9.40. The molecule has 32 heavy (non-hydrogen) atoms. The van der Waals surface area contributed by atoms with E-state index in [9.17, 15) is 4.79 Å². The molecule has 1 aromatic rings. The zero-order valence-corrected chi connectivity index (χ0v) is 23.8. The molecule has 0 aromatic carbocycles. The molecule has 1 amide bonds. The molecule has 0 radical (unpaired) electrons. The first-order chi connectivity index (χ1) is 14.4. The van der Waals surface area contributed by atoms with Gasteiger partial charge in [-0.3, -0.25) is 4.79 Å². The molecule has 8 heteroatoms. The van der Waals surface area contributed by atoms with Crippen LogP contribution in [0.4, 0.5) is 5.82 Å². The molecule has 0 saturated heterocycles. The van der Waals surface area contributed by atoms with Crippen LogP contribution in [0.15, 0.2) is 30.2 Å². The molecule has 0 unspecified atom stereocenters. The van der Waals surface area contributed by atoms with E-state index in [1.807, 2.05) is 6.07 Å². The molecule has 2 rings (SSSR count). The molecule has 180 valence electrons. The van der Waals surface area contributed by atoms with E-state index in [1.54, 1.807) is 12.3 Å². The van der Waals surface area contributed by atoms with Gasteiger partial charge in [-0.2, -0.15) is 0 Å². The molecule has 2 heterocycles. The first-order valence-corrected chi connectivity index (χ1v) is 17.2. The number of amides is 1. The van der Waals surface area contributed by atoms with Gasteiger partial charge in [0, 0.05) is 18.7 Å². The Bertz CT molecular complexity index is 837. The molecule has 0 saturated carbocycles. The molecule has 2 atom stereocenters. The van der Waals surface area contributed by atoms with Crippen molar-refractivity contribution in [2.45, 2.75) is 96.9 Å². The lowest BCUT2D eigenvalue weighted by Gasteiger charge is -2.39. The Kier molecular flexibility index (Phi) is 7.87. The van der Waals surface area contributed by atoms with Gasteiger partial charge in [0.25, 0.3) is 0 Å². The number of carbonyl (C=O) groups excluding carboxylic acids is 1. The van der Waals surface area contributed by atoms with E-state index >= 15 is 0 Å². The van der Waals surface area contributed by atoms with Crippen molar-refractivity contribution in [3.8, 4) is 0 Å². The minimum absolute atomic E-state index is 0.0817. The third-order valence-electron chi connectivity index (χ3n) is 6.94. The average molecular weight is 479 g/mol. The van der Waals surface area contributed by atoms with Crippen LogP contribution in [0.3, 0.4) is 0 Å². The Balaban J connectivity index is 2.26. The molecular weight excluding hydrogens is 436 g/mol. The molecule has 6 nitrogen and oxygen atoms in total. The van der Waals surface area contributed by atoms with Gasteiger partial charge < -0.3 is 18.9 Å². The third-order valence-corrected chi connectivity index (χ3v) is 15.8. The van der Waals surface area contributed by atoms with Crippen LogP contribution in [0.2, 0.25) is 36.3 Å². The predicted molar refractivity (Wildman–Crippen MR) is 136 cm³/mol. The summed E-state index contributed by atoms with van der Waals surface area (Å²) < 4.78 is 19.6. The van der Waals surface area contributed by atoms with Crippen LogP contribution in [0, 0.1) is 0 Å². The number of pyridine rings is 1. The van der Waals surface area contributed by atoms with Gasteiger partial charge in [-0.05, 0) is 48.4 Å². The number of nitrogens with zero attached hydrogens (tertiary/aromatic N) is 1. The van der Waals surface area contributed by atoms with Crippen LogP contribution in [0.25, 0.3) is 0 Å². The summed E-state index contributed by atoms with van der Waals surface area (Å²) in [4.78, 5) is 15.6. The van der Waals surface area contributed by atoms with Crippen LogP contribution in [0.5, 0.6) is 0 Å². The molecule has 0 spiro atoms. The predicted octanol–water partition coefficient (Wildman–Crippen LogP) is 6.41. The van der Waals surface area contributed by atoms with Crippen LogP contribution < -0.4 is 5.32 Å². The summed E-state index contributed by atoms with van der Waals surface area (Å²) in [7, 11) is -3.96. The highest BCUT2D eigenvalue weighted by Crippen LogP contribution is 2.42. The second-order valence-electron chi connectivity index (χ2n) is 11.7. The van der Waals surface area contributed by atoms with Crippen molar-refractivity contribution in [1.82, 2.24) is 4.98 Å². The molecule has 1 aliphatic heterocycles. The highest BCUT2D eigenvalue weighted by molar-refractivity contribution is 6.74. The minimum Gasteiger partial charge on any atom is -0.545 e. The SMILES string of the molecule is CC(=O)Nc1ccc([C@H]2C=C(O[Si](C)(C)C(C)(C)C)[C@@H](CO[Si](C)(C)C(C)(C)C)O2)cn1. The quantitative estimate of drug-likeness (QED) is 0.459. The lowest BCUT2D eigenvalue weighted by molar-refractivity contribution is -0.114. The molecular formula is C24H42N2O4Si2. The van der Waals surface area contributed by atoms with Crippen molar-refractivity contribution in [3.05, 3.63) is 35.7 Å². The molecule has 1 N–H and O–H groups in total. The topological polar surface area (TPSA) is 69.7 Å². The first kappa shape index (κ1) is 26.8. The van der Waals surface area contributed by atoms with Crippen molar-refractivity contribution in [2.75, 3.05) is 11.9 Å². The summed E-state index contributed by atoms with van der Waals surface area (Å²) in [6.45, 7) is 24.4. The fourth-order valence-corrected chi connectivity index (χ4v) is 4.81. The largest absolute Gasteiger partial charge is 0.545 e. The maximum absolute atomic E-state index is 11.3. The fraction of sp³-hybridized carbons (Fsp3) is 0.667. The van der Waals surface area contributed by atoms with E-state index in [1.165, 1.54) is 6.92 Å². The zero-order chi connectivity index (χ0) is 24.5. The molecule has 0 fully saturated rings. The third kappa shape index (κ3) is 6.53. The Morgan fingerprint density at radius 2 is 1.66 bits per heavy atom. The van der Waals surface area contributed by atoms with Crippen LogP contribution in [-0.4, -0.2) is 40.2 Å². The van der Waals surface area contributed by atoms with Crippen molar-refractivity contribution < 1.29 is 18.4 Å². The zero-order valence-electron chi connectivity index (χ0n) is 21.8.